The van der Waals surface area contributed by atoms with Crippen LogP contribution in [0.1, 0.15) is 63.4 Å². The largest absolute Gasteiger partial charge is 0.458 e. The lowest BCUT2D eigenvalue weighted by molar-refractivity contribution is -0.201. The second-order valence-corrected chi connectivity index (χ2v) is 11.9. The van der Waals surface area contributed by atoms with Crippen LogP contribution in [0, 0.1) is 0 Å². The zero-order valence-corrected chi connectivity index (χ0v) is 23.7. The Morgan fingerprint density at radius 2 is 1.40 bits per heavy atom. The number of hydrogen-bond donors (Lipinski definition) is 0. The summed E-state index contributed by atoms with van der Waals surface area (Å²) in [5.74, 6) is -0.825. The summed E-state index contributed by atoms with van der Waals surface area (Å²) in [7, 11) is 0. The quantitative estimate of drug-likeness (QED) is 0.277. The number of carbonyl (C=O) groups excluding carboxylic acids is 3. The Morgan fingerprint density at radius 1 is 0.875 bits per heavy atom. The van der Waals surface area contributed by atoms with E-state index in [0.717, 1.165) is 16.7 Å². The molecule has 2 aliphatic rings. The van der Waals surface area contributed by atoms with Gasteiger partial charge in [-0.3, -0.25) is 9.69 Å². The molecule has 3 aromatic carbocycles. The topological polar surface area (TPSA) is 76.2 Å². The maximum absolute atomic E-state index is 14.6. The summed E-state index contributed by atoms with van der Waals surface area (Å²) in [6, 6.07) is 27.7. The predicted molar refractivity (Wildman–Crippen MR) is 151 cm³/mol. The third kappa shape index (κ3) is 4.63. The molecule has 0 aliphatic carbocycles. The van der Waals surface area contributed by atoms with Gasteiger partial charge in [0.25, 0.3) is 5.91 Å². The number of carbonyl (C=O) groups is 3. The molecule has 2 fully saturated rings. The average molecular weight is 541 g/mol. The number of esters is 1. The molecule has 4 atom stereocenters. The normalized spacial score (nSPS) is 24.2. The van der Waals surface area contributed by atoms with Crippen molar-refractivity contribution in [1.82, 2.24) is 9.80 Å². The first-order valence-electron chi connectivity index (χ1n) is 13.6. The molecular formula is C33H36N2O5. The van der Waals surface area contributed by atoms with Gasteiger partial charge in [-0.05, 0) is 51.3 Å². The number of hydrogen-bond acceptors (Lipinski definition) is 5. The van der Waals surface area contributed by atoms with Crippen molar-refractivity contribution in [2.24, 2.45) is 0 Å². The Morgan fingerprint density at radius 3 is 1.95 bits per heavy atom. The van der Waals surface area contributed by atoms with E-state index in [1.54, 1.807) is 23.6 Å². The number of ether oxygens (including phenoxy) is 2. The molecule has 2 amide bonds. The molecule has 208 valence electrons. The van der Waals surface area contributed by atoms with Crippen molar-refractivity contribution in [3.8, 4) is 0 Å². The van der Waals surface area contributed by atoms with Crippen LogP contribution in [0.5, 0.6) is 0 Å². The van der Waals surface area contributed by atoms with Gasteiger partial charge in [-0.15, -0.1) is 0 Å². The lowest BCUT2D eigenvalue weighted by Crippen LogP contribution is -2.80. The fraction of sp³-hybridized carbons (Fsp3) is 0.364. The highest BCUT2D eigenvalue weighted by Crippen LogP contribution is 2.55. The summed E-state index contributed by atoms with van der Waals surface area (Å²) in [6.07, 6.45) is -0.298. The smallest absolute Gasteiger partial charge is 0.411 e. The molecule has 0 spiro atoms. The van der Waals surface area contributed by atoms with E-state index < -0.39 is 40.8 Å². The van der Waals surface area contributed by atoms with Crippen LogP contribution in [0.3, 0.4) is 0 Å². The Balaban J connectivity index is 1.64. The van der Waals surface area contributed by atoms with Gasteiger partial charge in [0.05, 0.1) is 12.1 Å². The third-order valence-corrected chi connectivity index (χ3v) is 7.88. The van der Waals surface area contributed by atoms with Crippen LogP contribution in [0.25, 0.3) is 0 Å². The lowest BCUT2D eigenvalue weighted by atomic mass is 9.70. The summed E-state index contributed by atoms with van der Waals surface area (Å²) in [4.78, 5) is 45.1. The minimum atomic E-state index is -1.35. The molecule has 7 heteroatoms. The van der Waals surface area contributed by atoms with Crippen molar-refractivity contribution in [3.05, 3.63) is 108 Å². The van der Waals surface area contributed by atoms with E-state index in [0.29, 0.717) is 0 Å². The van der Waals surface area contributed by atoms with Crippen molar-refractivity contribution in [2.45, 2.75) is 69.8 Å². The molecule has 0 radical (unpaired) electrons. The van der Waals surface area contributed by atoms with Crippen LogP contribution in [-0.4, -0.2) is 51.1 Å². The highest BCUT2D eigenvalue weighted by Gasteiger charge is 2.70. The SMILES string of the molecule is CC(C)(C)OC(=O)[C@](C)(Cc1ccccc1)N1C(=O)[C@@](C)(N2C(=O)OC[C@@H]2c2ccccc2)[C@H]1c1ccccc1. The first-order valence-corrected chi connectivity index (χ1v) is 13.6. The van der Waals surface area contributed by atoms with Crippen LogP contribution < -0.4 is 0 Å². The van der Waals surface area contributed by atoms with Gasteiger partial charge < -0.3 is 14.4 Å². The number of benzene rings is 3. The van der Waals surface area contributed by atoms with E-state index >= 15 is 0 Å². The standard InChI is InChI=1S/C33H36N2O5/c1-31(2,3)40-29(37)32(4,21-23-15-9-6-10-16-23)35-27(25-19-13-8-14-20-25)33(5,28(35)36)34-26(22-39-30(34)38)24-17-11-7-12-18-24/h6-20,26-27H,21-22H2,1-5H3/t26-,27-,32+,33+/m1/s1. The molecule has 40 heavy (non-hydrogen) atoms. The Bertz CT molecular complexity index is 1390. The minimum Gasteiger partial charge on any atom is -0.458 e. The Kier molecular flexibility index (Phi) is 6.94. The van der Waals surface area contributed by atoms with Crippen molar-refractivity contribution < 1.29 is 23.9 Å². The van der Waals surface area contributed by atoms with E-state index in [-0.39, 0.29) is 18.9 Å². The van der Waals surface area contributed by atoms with Gasteiger partial charge in [-0.25, -0.2) is 9.59 Å². The van der Waals surface area contributed by atoms with Crippen LogP contribution in [0.15, 0.2) is 91.0 Å². The monoisotopic (exact) mass is 540 g/mol. The molecule has 2 saturated heterocycles. The maximum Gasteiger partial charge on any atom is 0.411 e. The Hall–Kier alpha value is -4.13. The molecule has 5 rings (SSSR count). The van der Waals surface area contributed by atoms with Gasteiger partial charge in [-0.2, -0.15) is 0 Å². The second-order valence-electron chi connectivity index (χ2n) is 11.9. The van der Waals surface area contributed by atoms with Crippen LogP contribution in [-0.2, 0) is 25.5 Å². The third-order valence-electron chi connectivity index (χ3n) is 7.88. The average Bonchev–Trinajstić information content (AvgIpc) is 3.32. The molecule has 0 N–H and O–H groups in total. The highest BCUT2D eigenvalue weighted by molar-refractivity contribution is 6.01. The van der Waals surface area contributed by atoms with Crippen molar-refractivity contribution in [2.75, 3.05) is 6.61 Å². The molecule has 2 aliphatic heterocycles. The molecular weight excluding hydrogens is 504 g/mol. The van der Waals surface area contributed by atoms with Gasteiger partial charge in [-0.1, -0.05) is 91.0 Å². The van der Waals surface area contributed by atoms with Gasteiger partial charge in [0.15, 0.2) is 0 Å². The molecule has 0 bridgehead atoms. The number of nitrogens with zero attached hydrogens (tertiary/aromatic N) is 2. The van der Waals surface area contributed by atoms with Gasteiger partial charge in [0, 0.05) is 6.42 Å². The van der Waals surface area contributed by atoms with Crippen molar-refractivity contribution in [1.29, 1.82) is 0 Å². The lowest BCUT2D eigenvalue weighted by Gasteiger charge is -2.62. The maximum atomic E-state index is 14.6. The van der Waals surface area contributed by atoms with E-state index in [2.05, 4.69) is 0 Å². The number of rotatable bonds is 7. The van der Waals surface area contributed by atoms with Crippen LogP contribution in [0.4, 0.5) is 4.79 Å². The first kappa shape index (κ1) is 27.4. The number of cyclic esters (lactones) is 1. The van der Waals surface area contributed by atoms with E-state index in [4.69, 9.17) is 9.47 Å². The molecule has 0 saturated carbocycles. The zero-order chi connectivity index (χ0) is 28.7. The fourth-order valence-corrected chi connectivity index (χ4v) is 6.01. The highest BCUT2D eigenvalue weighted by atomic mass is 16.6. The Labute approximate surface area is 235 Å². The fourth-order valence-electron chi connectivity index (χ4n) is 6.01. The molecule has 0 aromatic heterocycles. The van der Waals surface area contributed by atoms with E-state index in [9.17, 15) is 14.4 Å². The van der Waals surface area contributed by atoms with Gasteiger partial charge in [0.1, 0.15) is 23.3 Å². The number of β-lactam (4-membered cyclic amide) rings is 1. The summed E-state index contributed by atoms with van der Waals surface area (Å²) in [5.41, 5.74) is -0.809. The minimum absolute atomic E-state index is 0.139. The van der Waals surface area contributed by atoms with Gasteiger partial charge >= 0.3 is 12.1 Å². The summed E-state index contributed by atoms with van der Waals surface area (Å²) in [6.45, 7) is 9.13. The van der Waals surface area contributed by atoms with Crippen molar-refractivity contribution >= 4 is 18.0 Å². The van der Waals surface area contributed by atoms with E-state index in [1.165, 1.54) is 0 Å². The predicted octanol–water partition coefficient (Wildman–Crippen LogP) is 5.87. The van der Waals surface area contributed by atoms with Crippen LogP contribution >= 0.6 is 0 Å². The summed E-state index contributed by atoms with van der Waals surface area (Å²) < 4.78 is 11.5. The summed E-state index contributed by atoms with van der Waals surface area (Å²) in [5, 5.41) is 0. The molecule has 7 nitrogen and oxygen atoms in total. The second kappa shape index (κ2) is 10.1. The van der Waals surface area contributed by atoms with Gasteiger partial charge in [0.2, 0.25) is 0 Å². The summed E-state index contributed by atoms with van der Waals surface area (Å²) >= 11 is 0. The molecule has 3 aromatic rings. The number of likely N-dealkylation sites (tertiary alicyclic amines) is 1. The van der Waals surface area contributed by atoms with Crippen LogP contribution in [0.2, 0.25) is 0 Å². The van der Waals surface area contributed by atoms with Crippen molar-refractivity contribution in [3.63, 3.8) is 0 Å². The zero-order valence-electron chi connectivity index (χ0n) is 23.7. The molecule has 0 unspecified atom stereocenters. The van der Waals surface area contributed by atoms with E-state index in [1.807, 2.05) is 112 Å². The first-order chi connectivity index (χ1) is 19.0. The number of amides is 2. The molecule has 2 heterocycles.